The minimum Gasteiger partial charge on any atom is -0.495 e. The highest BCUT2D eigenvalue weighted by Gasteiger charge is 2.55. The molecule has 0 aromatic heterocycles. The number of rotatable bonds is 5. The van der Waals surface area contributed by atoms with Crippen LogP contribution >= 0.6 is 11.6 Å². The molecule has 11 heteroatoms. The van der Waals surface area contributed by atoms with Gasteiger partial charge in [0.2, 0.25) is 11.9 Å². The van der Waals surface area contributed by atoms with E-state index in [-0.39, 0.29) is 0 Å². The normalized spacial score (nSPS) is 21.4. The van der Waals surface area contributed by atoms with Crippen LogP contribution < -0.4 is 15.4 Å². The van der Waals surface area contributed by atoms with Crippen molar-refractivity contribution in [2.45, 2.75) is 12.2 Å². The van der Waals surface area contributed by atoms with E-state index < -0.39 is 36.6 Å². The van der Waals surface area contributed by atoms with Crippen molar-refractivity contribution < 1.29 is 19.1 Å². The molecule has 2 N–H and O–H groups in total. The van der Waals surface area contributed by atoms with Gasteiger partial charge >= 0.3 is 6.03 Å². The molecule has 3 aliphatic heterocycles. The van der Waals surface area contributed by atoms with E-state index >= 15 is 0 Å². The molecule has 3 heterocycles. The number of nitrogens with zero attached hydrogens (tertiary/aromatic N) is 5. The van der Waals surface area contributed by atoms with Gasteiger partial charge in [0.1, 0.15) is 12.3 Å². The summed E-state index contributed by atoms with van der Waals surface area (Å²) in [5.74, 6) is -0.339. The van der Waals surface area contributed by atoms with Crippen molar-refractivity contribution in [2.75, 3.05) is 25.6 Å². The Balaban J connectivity index is 1.65. The minimum absolute atomic E-state index is 0.434. The Morgan fingerprint density at radius 3 is 2.59 bits per heavy atom. The van der Waals surface area contributed by atoms with Crippen LogP contribution in [-0.2, 0) is 9.59 Å². The topological polar surface area (TPSA) is 112 Å². The molecule has 0 saturated carbocycles. The number of halogens is 1. The Bertz CT molecular complexity index is 1260. The molecule has 0 spiro atoms. The second kappa shape index (κ2) is 8.07. The van der Waals surface area contributed by atoms with Gasteiger partial charge < -0.3 is 15.4 Å². The van der Waals surface area contributed by atoms with Gasteiger partial charge in [-0.1, -0.05) is 41.9 Å². The molecule has 174 valence electrons. The van der Waals surface area contributed by atoms with Crippen LogP contribution in [0, 0.1) is 0 Å². The van der Waals surface area contributed by atoms with Crippen LogP contribution in [0.4, 0.5) is 10.5 Å². The fourth-order valence-electron chi connectivity index (χ4n) is 4.42. The number of methoxy groups -OCH3 is 1. The van der Waals surface area contributed by atoms with E-state index in [4.69, 9.17) is 27.1 Å². The number of imide groups is 1. The summed E-state index contributed by atoms with van der Waals surface area (Å²) < 4.78 is 5.59. The summed E-state index contributed by atoms with van der Waals surface area (Å²) in [6, 6.07) is 13.3. The first-order valence-corrected chi connectivity index (χ1v) is 10.8. The average molecular weight is 481 g/mol. The number of aliphatic imine (C=N–C) groups is 1. The Kier molecular flexibility index (Phi) is 5.17. The van der Waals surface area contributed by atoms with Gasteiger partial charge in [0.15, 0.2) is 12.2 Å². The Hall–Kier alpha value is -4.05. The van der Waals surface area contributed by atoms with Gasteiger partial charge in [0.05, 0.1) is 18.5 Å². The number of ether oxygens (including phenoxy) is 1. The van der Waals surface area contributed by atoms with E-state index in [1.807, 2.05) is 41.4 Å². The van der Waals surface area contributed by atoms with E-state index in [0.29, 0.717) is 22.4 Å². The maximum Gasteiger partial charge on any atom is 0.328 e. The smallest absolute Gasteiger partial charge is 0.328 e. The quantitative estimate of drug-likeness (QED) is 0.699. The van der Waals surface area contributed by atoms with Crippen LogP contribution in [0.15, 0.2) is 59.7 Å². The standard InChI is InChI=1S/C23H21ClN6O4/c1-27-20-19(21(32)29(23(27)33)12-18(25)31)28-11-16(13-6-4-3-5-7-13)30(22(28)26-20)15-10-14(24)8-9-17(15)34-2/h3-11,19-20H,12H2,1-2H3,(H2,25,31). The summed E-state index contributed by atoms with van der Waals surface area (Å²) in [5, 5.41) is 0.494. The van der Waals surface area contributed by atoms with Crippen molar-refractivity contribution in [3.63, 3.8) is 0 Å². The Morgan fingerprint density at radius 2 is 1.91 bits per heavy atom. The number of urea groups is 1. The first-order chi connectivity index (χ1) is 16.3. The number of amides is 4. The predicted octanol–water partition coefficient (Wildman–Crippen LogP) is 1.91. The number of benzene rings is 2. The third-order valence-electron chi connectivity index (χ3n) is 5.98. The molecule has 2 aromatic carbocycles. The molecule has 1 fully saturated rings. The molecule has 2 atom stereocenters. The van der Waals surface area contributed by atoms with Crippen molar-refractivity contribution >= 4 is 46.8 Å². The maximum absolute atomic E-state index is 13.4. The minimum atomic E-state index is -0.856. The Labute approximate surface area is 200 Å². The lowest BCUT2D eigenvalue weighted by Gasteiger charge is -2.39. The lowest BCUT2D eigenvalue weighted by Crippen LogP contribution is -2.65. The number of carbonyl (C=O) groups excluding carboxylic acids is 3. The summed E-state index contributed by atoms with van der Waals surface area (Å²) in [7, 11) is 3.10. The fraction of sp³-hybridized carbons (Fsp3) is 0.217. The first-order valence-electron chi connectivity index (χ1n) is 10.5. The van der Waals surface area contributed by atoms with Gasteiger partial charge in [-0.15, -0.1) is 0 Å². The van der Waals surface area contributed by atoms with E-state index in [0.717, 1.165) is 16.2 Å². The summed E-state index contributed by atoms with van der Waals surface area (Å²) >= 11 is 6.33. The van der Waals surface area contributed by atoms with Crippen molar-refractivity contribution in [3.8, 4) is 5.75 Å². The third kappa shape index (κ3) is 3.26. The first kappa shape index (κ1) is 21.8. The summed E-state index contributed by atoms with van der Waals surface area (Å²) in [5.41, 5.74) is 7.53. The number of nitrogens with two attached hydrogens (primary N) is 1. The molecule has 3 aliphatic rings. The highest BCUT2D eigenvalue weighted by molar-refractivity contribution is 6.31. The second-order valence-corrected chi connectivity index (χ2v) is 8.45. The number of anilines is 1. The number of guanidine groups is 1. The zero-order chi connectivity index (χ0) is 24.1. The van der Waals surface area contributed by atoms with Gasteiger partial charge in [-0.25, -0.2) is 9.79 Å². The molecule has 34 heavy (non-hydrogen) atoms. The molecule has 5 rings (SSSR count). The van der Waals surface area contributed by atoms with Crippen molar-refractivity contribution in [3.05, 3.63) is 65.3 Å². The van der Waals surface area contributed by atoms with Crippen molar-refractivity contribution in [1.82, 2.24) is 14.7 Å². The molecule has 0 radical (unpaired) electrons. The number of likely N-dealkylation sites (N-methyl/N-ethyl adjacent to an activating group) is 1. The van der Waals surface area contributed by atoms with Gasteiger partial charge in [0.25, 0.3) is 5.91 Å². The number of hydrogen-bond donors (Lipinski definition) is 1. The molecular weight excluding hydrogens is 460 g/mol. The largest absolute Gasteiger partial charge is 0.495 e. The Morgan fingerprint density at radius 1 is 1.18 bits per heavy atom. The number of hydrogen-bond acceptors (Lipinski definition) is 7. The van der Waals surface area contributed by atoms with Gasteiger partial charge in [0, 0.05) is 23.8 Å². The van der Waals surface area contributed by atoms with E-state index in [2.05, 4.69) is 0 Å². The molecule has 2 aromatic rings. The zero-order valence-electron chi connectivity index (χ0n) is 18.4. The lowest BCUT2D eigenvalue weighted by atomic mass is 10.1. The SMILES string of the molecule is COc1ccc(Cl)cc1N1C(c2ccccc2)=CN2C1=NC1C2C(=O)N(CC(N)=O)C(=O)N1C. The maximum atomic E-state index is 13.4. The van der Waals surface area contributed by atoms with E-state index in [1.165, 1.54) is 4.90 Å². The van der Waals surface area contributed by atoms with Crippen LogP contribution in [-0.4, -0.2) is 71.4 Å². The van der Waals surface area contributed by atoms with Gasteiger partial charge in [-0.05, 0) is 18.2 Å². The highest BCUT2D eigenvalue weighted by Crippen LogP contribution is 2.43. The van der Waals surface area contributed by atoms with Crippen LogP contribution in [0.2, 0.25) is 5.02 Å². The van der Waals surface area contributed by atoms with Gasteiger partial charge in [-0.3, -0.25) is 24.3 Å². The molecular formula is C23H21ClN6O4. The predicted molar refractivity (Wildman–Crippen MR) is 126 cm³/mol. The molecule has 10 nitrogen and oxygen atoms in total. The number of fused-ring (bicyclic) bond motifs is 3. The third-order valence-corrected chi connectivity index (χ3v) is 6.21. The molecule has 1 saturated heterocycles. The second-order valence-electron chi connectivity index (χ2n) is 8.01. The van der Waals surface area contributed by atoms with Crippen molar-refractivity contribution in [2.24, 2.45) is 10.7 Å². The summed E-state index contributed by atoms with van der Waals surface area (Å²) in [6.45, 7) is -0.504. The van der Waals surface area contributed by atoms with E-state index in [1.54, 1.807) is 37.3 Å². The molecule has 0 aliphatic carbocycles. The molecule has 2 unspecified atom stereocenters. The molecule has 0 bridgehead atoms. The van der Waals surface area contributed by atoms with Crippen molar-refractivity contribution in [1.29, 1.82) is 0 Å². The van der Waals surface area contributed by atoms with Crippen LogP contribution in [0.25, 0.3) is 5.70 Å². The summed E-state index contributed by atoms with van der Waals surface area (Å²) in [6.07, 6.45) is 1.03. The van der Waals surface area contributed by atoms with Crippen LogP contribution in [0.5, 0.6) is 5.75 Å². The van der Waals surface area contributed by atoms with Crippen LogP contribution in [0.1, 0.15) is 5.56 Å². The number of primary amides is 1. The number of carbonyl (C=O) groups is 3. The van der Waals surface area contributed by atoms with E-state index in [9.17, 15) is 14.4 Å². The van der Waals surface area contributed by atoms with Crippen LogP contribution in [0.3, 0.4) is 0 Å². The van der Waals surface area contributed by atoms with Gasteiger partial charge in [-0.2, -0.15) is 0 Å². The summed E-state index contributed by atoms with van der Waals surface area (Å²) in [4.78, 5) is 48.2. The monoisotopic (exact) mass is 480 g/mol. The highest BCUT2D eigenvalue weighted by atomic mass is 35.5. The average Bonchev–Trinajstić information content (AvgIpc) is 3.37. The fourth-order valence-corrected chi connectivity index (χ4v) is 4.59. The molecule has 4 amide bonds. The lowest BCUT2D eigenvalue weighted by molar-refractivity contribution is -0.139. The zero-order valence-corrected chi connectivity index (χ0v) is 19.1.